The van der Waals surface area contributed by atoms with Crippen LogP contribution in [0.3, 0.4) is 0 Å². The Morgan fingerprint density at radius 1 is 0.667 bits per heavy atom. The first kappa shape index (κ1) is 15.7. The highest BCUT2D eigenvalue weighted by Crippen LogP contribution is 2.42. The van der Waals surface area contributed by atoms with Gasteiger partial charge in [0.05, 0.1) is 16.5 Å². The van der Waals surface area contributed by atoms with Gasteiger partial charge in [-0.3, -0.25) is 0 Å². The lowest BCUT2D eigenvalue weighted by Gasteiger charge is -2.35. The Morgan fingerprint density at radius 3 is 1.93 bits per heavy atom. The van der Waals surface area contributed by atoms with Crippen LogP contribution in [0.5, 0.6) is 35.0 Å². The predicted octanol–water partition coefficient (Wildman–Crippen LogP) is 0.569. The summed E-state index contributed by atoms with van der Waals surface area (Å²) >= 11 is 0. The van der Waals surface area contributed by atoms with Crippen LogP contribution in [0.1, 0.15) is 11.6 Å². The molecular weight excluding hydrogens is 385 g/mol. The second-order valence-corrected chi connectivity index (χ2v) is 7.14. The van der Waals surface area contributed by atoms with E-state index in [2.05, 4.69) is 34.9 Å². The lowest BCUT2D eigenvalue weighted by atomic mass is 9.35. The van der Waals surface area contributed by atoms with E-state index in [1.54, 1.807) is 0 Å². The predicted molar refractivity (Wildman–Crippen MR) is 104 cm³/mol. The molecule has 0 unspecified atom stereocenters. The molecule has 0 aliphatic carbocycles. The van der Waals surface area contributed by atoms with Gasteiger partial charge in [-0.05, 0) is 26.0 Å². The van der Waals surface area contributed by atoms with Crippen LogP contribution in [-0.2, 0) is 0 Å². The van der Waals surface area contributed by atoms with Crippen LogP contribution in [0.15, 0.2) is 24.8 Å². The van der Waals surface area contributed by atoms with Crippen LogP contribution in [-0.4, -0.2) is 41.6 Å². The molecule has 142 valence electrons. The lowest BCUT2D eigenvalue weighted by Crippen LogP contribution is -2.60. The Morgan fingerprint density at radius 2 is 1.27 bits per heavy atom. The molecule has 3 aliphatic heterocycles. The van der Waals surface area contributed by atoms with Crippen molar-refractivity contribution in [1.29, 1.82) is 0 Å². The van der Waals surface area contributed by atoms with E-state index in [0.717, 1.165) is 22.0 Å². The Balaban J connectivity index is 1.57. The number of benzene rings is 1. The summed E-state index contributed by atoms with van der Waals surface area (Å²) in [5, 5.41) is 0. The monoisotopic (exact) mass is 395 g/mol. The number of ether oxygens (including phenoxy) is 3. The maximum absolute atomic E-state index is 6.26. The van der Waals surface area contributed by atoms with E-state index in [1.165, 1.54) is 12.7 Å². The highest BCUT2D eigenvalue weighted by atomic mass is 16.5. The maximum Gasteiger partial charge on any atom is 0.279 e. The zero-order valence-corrected chi connectivity index (χ0v) is 15.7. The summed E-state index contributed by atoms with van der Waals surface area (Å²) in [7, 11) is 0. The summed E-state index contributed by atoms with van der Waals surface area (Å²) in [6.45, 7) is 3.39. The minimum absolute atomic E-state index is 0.271. The number of aryl methyl sites for hydroxylation is 2. The first-order valence-corrected chi connectivity index (χ1v) is 9.27. The van der Waals surface area contributed by atoms with Gasteiger partial charge in [0, 0.05) is 5.46 Å². The Labute approximate surface area is 169 Å². The second-order valence-electron chi connectivity index (χ2n) is 7.14. The molecule has 0 saturated heterocycles. The average Bonchev–Trinajstić information content (AvgIpc) is 2.73. The van der Waals surface area contributed by atoms with Crippen molar-refractivity contribution in [3.63, 3.8) is 0 Å². The van der Waals surface area contributed by atoms with Crippen molar-refractivity contribution >= 4 is 23.1 Å². The van der Waals surface area contributed by atoms with Crippen LogP contribution in [0.2, 0.25) is 0 Å². The molecule has 30 heavy (non-hydrogen) atoms. The quantitative estimate of drug-likeness (QED) is 0.365. The molecule has 11 heteroatoms. The fraction of sp³-hybridized carbons (Fsp3) is 0.105. The number of hydrogen-bond acceptors (Lipinski definition) is 10. The van der Waals surface area contributed by atoms with Crippen molar-refractivity contribution in [2.24, 2.45) is 0 Å². The highest BCUT2D eigenvalue weighted by molar-refractivity contribution is 6.99. The number of aromatic nitrogens is 7. The van der Waals surface area contributed by atoms with Crippen LogP contribution in [0.4, 0.5) is 0 Å². The molecule has 4 aromatic rings. The van der Waals surface area contributed by atoms with Gasteiger partial charge in [-0.15, -0.1) is 0 Å². The fourth-order valence-electron chi connectivity index (χ4n) is 4.24. The van der Waals surface area contributed by atoms with Crippen LogP contribution < -0.4 is 30.6 Å². The minimum Gasteiger partial charge on any atom is -0.440 e. The molecule has 0 N–H and O–H groups in total. The largest absolute Gasteiger partial charge is 0.440 e. The molecule has 0 amide bonds. The van der Waals surface area contributed by atoms with Crippen LogP contribution in [0, 0.1) is 13.8 Å². The molecule has 3 aliphatic rings. The topological polar surface area (TPSA) is 118 Å². The molecule has 6 heterocycles. The second kappa shape index (κ2) is 5.26. The first-order valence-electron chi connectivity index (χ1n) is 9.27. The molecule has 0 atom stereocenters. The van der Waals surface area contributed by atoms with Crippen molar-refractivity contribution in [2.75, 3.05) is 0 Å². The third kappa shape index (κ3) is 1.91. The fourth-order valence-corrected chi connectivity index (χ4v) is 4.24. The van der Waals surface area contributed by atoms with Crippen molar-refractivity contribution in [3.8, 4) is 46.4 Å². The van der Waals surface area contributed by atoms with Crippen LogP contribution >= 0.6 is 0 Å². The highest BCUT2D eigenvalue weighted by Gasteiger charge is 2.49. The number of rotatable bonds is 1. The SMILES string of the molecule is Cc1nc(C)nc(-c2ccc3c4c2Oc2ncnc5c2B4c2c(ncnc2O5)O3)n1. The van der Waals surface area contributed by atoms with Gasteiger partial charge in [-0.1, -0.05) is 0 Å². The summed E-state index contributed by atoms with van der Waals surface area (Å²) in [5.74, 6) is 4.71. The summed E-state index contributed by atoms with van der Waals surface area (Å²) in [6.07, 6.45) is 2.82. The van der Waals surface area contributed by atoms with Gasteiger partial charge in [0.15, 0.2) is 5.82 Å². The third-order valence-corrected chi connectivity index (χ3v) is 5.34. The summed E-state index contributed by atoms with van der Waals surface area (Å²) < 4.78 is 18.2. The minimum atomic E-state index is -0.271. The van der Waals surface area contributed by atoms with Crippen molar-refractivity contribution < 1.29 is 14.2 Å². The molecule has 0 saturated carbocycles. The zero-order valence-electron chi connectivity index (χ0n) is 15.7. The van der Waals surface area contributed by atoms with Gasteiger partial charge in [-0.25, -0.2) is 34.9 Å². The average molecular weight is 395 g/mol. The number of hydrogen-bond donors (Lipinski definition) is 0. The number of nitrogens with zero attached hydrogens (tertiary/aromatic N) is 7. The molecule has 0 bridgehead atoms. The Bertz CT molecular complexity index is 1370. The molecule has 0 radical (unpaired) electrons. The molecule has 7 rings (SSSR count). The van der Waals surface area contributed by atoms with E-state index in [0.29, 0.717) is 52.5 Å². The van der Waals surface area contributed by atoms with E-state index in [4.69, 9.17) is 14.2 Å². The van der Waals surface area contributed by atoms with E-state index >= 15 is 0 Å². The van der Waals surface area contributed by atoms with Gasteiger partial charge in [-0.2, -0.15) is 0 Å². The molecule has 1 aromatic carbocycles. The van der Waals surface area contributed by atoms with Crippen molar-refractivity contribution in [1.82, 2.24) is 34.9 Å². The molecular formula is C19H10BN7O3. The van der Waals surface area contributed by atoms with E-state index in [-0.39, 0.29) is 6.71 Å². The van der Waals surface area contributed by atoms with Gasteiger partial charge in [0.25, 0.3) is 6.71 Å². The Kier molecular flexibility index (Phi) is 2.76. The van der Waals surface area contributed by atoms with Crippen molar-refractivity contribution in [3.05, 3.63) is 36.4 Å². The van der Waals surface area contributed by atoms with Crippen molar-refractivity contribution in [2.45, 2.75) is 13.8 Å². The van der Waals surface area contributed by atoms with E-state index in [1.807, 2.05) is 26.0 Å². The standard InChI is InChI=1S/C19H10BN7O3/c1-7-25-8(2)27-15(26-7)9-3-4-10-11-14(9)29-17-13-19(24-6-22-17)30-18-12(20(11)13)16(28-10)21-5-23-18/h3-6H,1-2H3. The summed E-state index contributed by atoms with van der Waals surface area (Å²) in [5.41, 5.74) is 3.03. The normalized spacial score (nSPS) is 13.7. The molecule has 0 fully saturated rings. The first-order chi connectivity index (χ1) is 14.7. The van der Waals surface area contributed by atoms with Gasteiger partial charge >= 0.3 is 0 Å². The Hall–Kier alpha value is -4.15. The van der Waals surface area contributed by atoms with Crippen LogP contribution in [0.25, 0.3) is 11.4 Å². The van der Waals surface area contributed by atoms with Gasteiger partial charge in [0.1, 0.15) is 35.8 Å². The smallest absolute Gasteiger partial charge is 0.279 e. The summed E-state index contributed by atoms with van der Waals surface area (Å²) in [4.78, 5) is 30.5. The molecule has 3 aromatic heterocycles. The van der Waals surface area contributed by atoms with Gasteiger partial charge in [0.2, 0.25) is 23.5 Å². The third-order valence-electron chi connectivity index (χ3n) is 5.34. The van der Waals surface area contributed by atoms with E-state index in [9.17, 15) is 0 Å². The van der Waals surface area contributed by atoms with E-state index < -0.39 is 0 Å². The maximum atomic E-state index is 6.26. The molecule has 10 nitrogen and oxygen atoms in total. The van der Waals surface area contributed by atoms with Gasteiger partial charge < -0.3 is 14.2 Å². The lowest BCUT2D eigenvalue weighted by molar-refractivity contribution is 0.409. The summed E-state index contributed by atoms with van der Waals surface area (Å²) in [6, 6.07) is 3.75. The zero-order chi connectivity index (χ0) is 20.0. The molecule has 0 spiro atoms.